The summed E-state index contributed by atoms with van der Waals surface area (Å²) in [4.78, 5) is 12.1. The summed E-state index contributed by atoms with van der Waals surface area (Å²) in [5, 5.41) is 15.1. The topological polar surface area (TPSA) is 70.7 Å². The molecule has 0 atom stereocenters. The maximum atomic E-state index is 14.1. The summed E-state index contributed by atoms with van der Waals surface area (Å²) >= 11 is 0. The Morgan fingerprint density at radius 3 is 1.79 bits per heavy atom. The fraction of sp³-hybridized carbons (Fsp3) is 0.0714. The fourth-order valence-corrected chi connectivity index (χ4v) is 2.28. The molecule has 24 heavy (non-hydrogen) atoms. The lowest BCUT2D eigenvalue weighted by Gasteiger charge is -2.10. The summed E-state index contributed by atoms with van der Waals surface area (Å²) in [5.74, 6) is -13.7. The standard InChI is InChI=1S/C14H4F6O4/c15-5-2(1-21)6(16)13-3(7(5)17)11(22)4-8(18)9(19)12(23)10(20)14(4)24-13/h21,23H,1H2. The van der Waals surface area contributed by atoms with E-state index in [9.17, 15) is 31.1 Å². The van der Waals surface area contributed by atoms with E-state index in [0.717, 1.165) is 0 Å². The van der Waals surface area contributed by atoms with Crippen molar-refractivity contribution in [2.24, 2.45) is 0 Å². The van der Waals surface area contributed by atoms with Crippen molar-refractivity contribution >= 4 is 21.9 Å². The molecule has 4 nitrogen and oxygen atoms in total. The number of benzene rings is 2. The lowest BCUT2D eigenvalue weighted by atomic mass is 10.1. The van der Waals surface area contributed by atoms with Crippen LogP contribution in [0.5, 0.6) is 5.75 Å². The van der Waals surface area contributed by atoms with Crippen LogP contribution >= 0.6 is 0 Å². The van der Waals surface area contributed by atoms with Gasteiger partial charge in [-0.2, -0.15) is 8.78 Å². The minimum atomic E-state index is -2.15. The molecule has 0 radical (unpaired) electrons. The van der Waals surface area contributed by atoms with E-state index in [0.29, 0.717) is 0 Å². The predicted molar refractivity (Wildman–Crippen MR) is 67.3 cm³/mol. The molecule has 0 saturated carbocycles. The zero-order valence-electron chi connectivity index (χ0n) is 11.2. The fourth-order valence-electron chi connectivity index (χ4n) is 2.28. The molecule has 0 bridgehead atoms. The third kappa shape index (κ3) is 1.83. The van der Waals surface area contributed by atoms with Crippen LogP contribution in [0.1, 0.15) is 5.56 Å². The van der Waals surface area contributed by atoms with Crippen LogP contribution in [0.15, 0.2) is 9.21 Å². The van der Waals surface area contributed by atoms with Crippen molar-refractivity contribution in [2.75, 3.05) is 0 Å². The molecule has 0 amide bonds. The van der Waals surface area contributed by atoms with E-state index in [4.69, 9.17) is 10.2 Å². The smallest absolute Gasteiger partial charge is 0.211 e. The second-order valence-electron chi connectivity index (χ2n) is 4.71. The number of phenolic OH excluding ortho intramolecular Hbond substituents is 1. The zero-order valence-corrected chi connectivity index (χ0v) is 11.2. The second kappa shape index (κ2) is 5.13. The van der Waals surface area contributed by atoms with Crippen LogP contribution in [0.2, 0.25) is 0 Å². The van der Waals surface area contributed by atoms with Crippen LogP contribution in [0.4, 0.5) is 26.3 Å². The Morgan fingerprint density at radius 1 is 0.750 bits per heavy atom. The highest BCUT2D eigenvalue weighted by atomic mass is 19.2. The summed E-state index contributed by atoms with van der Waals surface area (Å²) in [5.41, 5.74) is -5.71. The Balaban J connectivity index is 2.73. The summed E-state index contributed by atoms with van der Waals surface area (Å²) < 4.78 is 87.2. The lowest BCUT2D eigenvalue weighted by molar-refractivity contribution is 0.266. The van der Waals surface area contributed by atoms with E-state index in [1.54, 1.807) is 0 Å². The zero-order chi connectivity index (χ0) is 17.9. The van der Waals surface area contributed by atoms with Gasteiger partial charge in [0.1, 0.15) is 10.8 Å². The normalized spacial score (nSPS) is 11.6. The summed E-state index contributed by atoms with van der Waals surface area (Å²) in [7, 11) is 0. The molecule has 3 aromatic rings. The summed E-state index contributed by atoms with van der Waals surface area (Å²) in [6.07, 6.45) is 0. The Hall–Kier alpha value is -2.75. The monoisotopic (exact) mass is 350 g/mol. The molecule has 10 heteroatoms. The SMILES string of the molecule is O=c1c2c(F)c(F)c(O)c(F)c2oc2c(F)c(CO)c(F)c(F)c12. The molecule has 3 rings (SSSR count). The number of halogens is 6. The van der Waals surface area contributed by atoms with Crippen LogP contribution < -0.4 is 5.43 Å². The van der Waals surface area contributed by atoms with Crippen molar-refractivity contribution < 1.29 is 41.0 Å². The Kier molecular flexibility index (Phi) is 3.44. The van der Waals surface area contributed by atoms with Gasteiger partial charge in [0.25, 0.3) is 0 Å². The molecule has 0 aliphatic rings. The van der Waals surface area contributed by atoms with Crippen LogP contribution in [0.3, 0.4) is 0 Å². The Labute approximate surface area is 127 Å². The number of aliphatic hydroxyl groups is 1. The van der Waals surface area contributed by atoms with Gasteiger partial charge in [0.05, 0.1) is 12.2 Å². The first kappa shape index (κ1) is 16.1. The molecule has 0 spiro atoms. The number of aromatic hydroxyl groups is 1. The largest absolute Gasteiger partial charge is 0.503 e. The van der Waals surface area contributed by atoms with E-state index < -0.39 is 80.2 Å². The first-order valence-electron chi connectivity index (χ1n) is 6.14. The quantitative estimate of drug-likeness (QED) is 0.402. The highest BCUT2D eigenvalue weighted by molar-refractivity contribution is 5.92. The molecule has 0 aliphatic carbocycles. The van der Waals surface area contributed by atoms with Crippen molar-refractivity contribution in [3.8, 4) is 5.75 Å². The van der Waals surface area contributed by atoms with Gasteiger partial charge in [0.2, 0.25) is 17.1 Å². The molecule has 2 N–H and O–H groups in total. The van der Waals surface area contributed by atoms with Crippen LogP contribution in [-0.4, -0.2) is 10.2 Å². The van der Waals surface area contributed by atoms with Gasteiger partial charge < -0.3 is 14.6 Å². The van der Waals surface area contributed by atoms with Crippen LogP contribution in [0, 0.1) is 34.9 Å². The summed E-state index contributed by atoms with van der Waals surface area (Å²) in [6.45, 7) is -1.32. The highest BCUT2D eigenvalue weighted by Gasteiger charge is 2.29. The summed E-state index contributed by atoms with van der Waals surface area (Å²) in [6, 6.07) is 0. The van der Waals surface area contributed by atoms with Gasteiger partial charge in [-0.3, -0.25) is 4.79 Å². The first-order valence-corrected chi connectivity index (χ1v) is 6.14. The molecule has 0 saturated heterocycles. The van der Waals surface area contributed by atoms with Crippen molar-refractivity contribution in [1.82, 2.24) is 0 Å². The van der Waals surface area contributed by atoms with Gasteiger partial charge in [-0.05, 0) is 0 Å². The number of fused-ring (bicyclic) bond motifs is 2. The molecule has 126 valence electrons. The van der Waals surface area contributed by atoms with Crippen molar-refractivity contribution in [3.63, 3.8) is 0 Å². The predicted octanol–water partition coefficient (Wildman–Crippen LogP) is 2.98. The Bertz CT molecular complexity index is 1090. The number of phenols is 1. The van der Waals surface area contributed by atoms with E-state index in [2.05, 4.69) is 4.42 Å². The van der Waals surface area contributed by atoms with Crippen molar-refractivity contribution in [2.45, 2.75) is 6.61 Å². The average Bonchev–Trinajstić information content (AvgIpc) is 2.55. The molecule has 2 aromatic carbocycles. The average molecular weight is 350 g/mol. The number of rotatable bonds is 1. The third-order valence-corrected chi connectivity index (χ3v) is 3.44. The van der Waals surface area contributed by atoms with Crippen molar-refractivity contribution in [1.29, 1.82) is 0 Å². The van der Waals surface area contributed by atoms with Crippen LogP contribution in [-0.2, 0) is 6.61 Å². The van der Waals surface area contributed by atoms with Gasteiger partial charge in [0, 0.05) is 0 Å². The van der Waals surface area contributed by atoms with E-state index in [-0.39, 0.29) is 0 Å². The van der Waals surface area contributed by atoms with Crippen LogP contribution in [0.25, 0.3) is 21.9 Å². The Morgan fingerprint density at radius 2 is 1.25 bits per heavy atom. The van der Waals surface area contributed by atoms with Gasteiger partial charge in [-0.15, -0.1) is 0 Å². The molecular formula is C14H4F6O4. The molecule has 1 aromatic heterocycles. The number of hydrogen-bond donors (Lipinski definition) is 2. The molecule has 0 fully saturated rings. The van der Waals surface area contributed by atoms with Gasteiger partial charge in [-0.25, -0.2) is 17.6 Å². The third-order valence-electron chi connectivity index (χ3n) is 3.44. The minimum absolute atomic E-state index is 1.21. The maximum Gasteiger partial charge on any atom is 0.211 e. The number of hydrogen-bond acceptors (Lipinski definition) is 4. The van der Waals surface area contributed by atoms with Gasteiger partial charge >= 0.3 is 0 Å². The second-order valence-corrected chi connectivity index (χ2v) is 4.71. The molecule has 0 aliphatic heterocycles. The number of aliphatic hydroxyl groups excluding tert-OH is 1. The minimum Gasteiger partial charge on any atom is -0.503 e. The van der Waals surface area contributed by atoms with Gasteiger partial charge in [0.15, 0.2) is 40.2 Å². The highest BCUT2D eigenvalue weighted by Crippen LogP contribution is 2.34. The molecule has 0 unspecified atom stereocenters. The maximum absolute atomic E-state index is 14.1. The van der Waals surface area contributed by atoms with Crippen molar-refractivity contribution in [3.05, 3.63) is 50.7 Å². The lowest BCUT2D eigenvalue weighted by Crippen LogP contribution is -2.13. The van der Waals surface area contributed by atoms with Gasteiger partial charge in [-0.1, -0.05) is 0 Å². The molecular weight excluding hydrogens is 346 g/mol. The first-order chi connectivity index (χ1) is 11.2. The van der Waals surface area contributed by atoms with E-state index >= 15 is 0 Å². The molecule has 1 heterocycles. The van der Waals surface area contributed by atoms with E-state index in [1.807, 2.05) is 0 Å². The van der Waals surface area contributed by atoms with E-state index in [1.165, 1.54) is 0 Å².